The van der Waals surface area contributed by atoms with Crippen molar-refractivity contribution in [1.82, 2.24) is 9.88 Å². The SMILES string of the molecule is COc1ccccc1Cc1ccc(C(=O)N2CCO[C@](C)(C(N)=O)C2)cn1. The van der Waals surface area contributed by atoms with Crippen LogP contribution in [0.15, 0.2) is 42.6 Å². The minimum Gasteiger partial charge on any atom is -0.496 e. The summed E-state index contributed by atoms with van der Waals surface area (Å²) in [4.78, 5) is 30.3. The number of ether oxygens (including phenoxy) is 2. The van der Waals surface area contributed by atoms with Crippen molar-refractivity contribution >= 4 is 11.8 Å². The highest BCUT2D eigenvalue weighted by atomic mass is 16.5. The van der Waals surface area contributed by atoms with Gasteiger partial charge in [0.05, 0.1) is 25.8 Å². The zero-order valence-corrected chi connectivity index (χ0v) is 15.5. The molecule has 0 radical (unpaired) electrons. The van der Waals surface area contributed by atoms with Crippen molar-refractivity contribution in [3.8, 4) is 5.75 Å². The summed E-state index contributed by atoms with van der Waals surface area (Å²) < 4.78 is 10.8. The Morgan fingerprint density at radius 1 is 1.30 bits per heavy atom. The van der Waals surface area contributed by atoms with Gasteiger partial charge in [0.25, 0.3) is 11.8 Å². The first-order valence-electron chi connectivity index (χ1n) is 8.73. The van der Waals surface area contributed by atoms with Crippen molar-refractivity contribution in [3.05, 3.63) is 59.4 Å². The summed E-state index contributed by atoms with van der Waals surface area (Å²) in [5.74, 6) is 0.0332. The smallest absolute Gasteiger partial charge is 0.255 e. The first-order valence-corrected chi connectivity index (χ1v) is 8.73. The molecule has 1 aliphatic rings. The molecule has 0 spiro atoms. The number of amides is 2. The highest BCUT2D eigenvalue weighted by Gasteiger charge is 2.39. The van der Waals surface area contributed by atoms with Crippen LogP contribution < -0.4 is 10.5 Å². The van der Waals surface area contributed by atoms with Crippen LogP contribution in [0.2, 0.25) is 0 Å². The lowest BCUT2D eigenvalue weighted by atomic mass is 10.0. The Kier molecular flexibility index (Phi) is 5.41. The standard InChI is InChI=1S/C20H23N3O4/c1-20(19(21)25)13-23(9-10-27-20)18(24)15-7-8-16(22-12-15)11-14-5-3-4-6-17(14)26-2/h3-8,12H,9-11,13H2,1-2H3,(H2,21,25)/t20-/m0/s1. The zero-order valence-electron chi connectivity index (χ0n) is 15.5. The summed E-state index contributed by atoms with van der Waals surface area (Å²) in [7, 11) is 1.64. The molecule has 2 amide bonds. The van der Waals surface area contributed by atoms with Crippen molar-refractivity contribution < 1.29 is 19.1 Å². The molecule has 27 heavy (non-hydrogen) atoms. The molecule has 0 bridgehead atoms. The first kappa shape index (κ1) is 18.8. The maximum absolute atomic E-state index is 12.7. The van der Waals surface area contributed by atoms with E-state index in [1.54, 1.807) is 31.2 Å². The zero-order chi connectivity index (χ0) is 19.4. The highest BCUT2D eigenvalue weighted by molar-refractivity contribution is 5.95. The number of rotatable bonds is 5. The molecule has 1 aliphatic heterocycles. The van der Waals surface area contributed by atoms with Crippen molar-refractivity contribution in [2.45, 2.75) is 18.9 Å². The molecule has 7 nitrogen and oxygen atoms in total. The van der Waals surface area contributed by atoms with Gasteiger partial charge in [-0.15, -0.1) is 0 Å². The quantitative estimate of drug-likeness (QED) is 0.860. The number of primary amides is 1. The number of carbonyl (C=O) groups is 2. The Labute approximate surface area is 158 Å². The fourth-order valence-electron chi connectivity index (χ4n) is 3.07. The average molecular weight is 369 g/mol. The van der Waals surface area contributed by atoms with Crippen LogP contribution in [0.4, 0.5) is 0 Å². The Balaban J connectivity index is 1.71. The molecule has 1 saturated heterocycles. The predicted octanol–water partition coefficient (Wildman–Crippen LogP) is 1.40. The third-order valence-corrected chi connectivity index (χ3v) is 4.72. The van der Waals surface area contributed by atoms with E-state index in [4.69, 9.17) is 15.2 Å². The molecule has 0 unspecified atom stereocenters. The number of nitrogens with zero attached hydrogens (tertiary/aromatic N) is 2. The van der Waals surface area contributed by atoms with Gasteiger partial charge in [-0.3, -0.25) is 14.6 Å². The molecule has 2 N–H and O–H groups in total. The van der Waals surface area contributed by atoms with Gasteiger partial charge >= 0.3 is 0 Å². The molecule has 3 rings (SSSR count). The summed E-state index contributed by atoms with van der Waals surface area (Å²) >= 11 is 0. The number of carbonyl (C=O) groups excluding carboxylic acids is 2. The second kappa shape index (κ2) is 7.75. The summed E-state index contributed by atoms with van der Waals surface area (Å²) in [5.41, 5.74) is 6.56. The lowest BCUT2D eigenvalue weighted by Gasteiger charge is -2.38. The molecule has 1 aromatic carbocycles. The Morgan fingerprint density at radius 3 is 2.74 bits per heavy atom. The maximum Gasteiger partial charge on any atom is 0.255 e. The Bertz CT molecular complexity index is 837. The van der Waals surface area contributed by atoms with Gasteiger partial charge in [-0.05, 0) is 25.1 Å². The van der Waals surface area contributed by atoms with Crippen LogP contribution in [0.5, 0.6) is 5.75 Å². The van der Waals surface area contributed by atoms with E-state index in [9.17, 15) is 9.59 Å². The largest absolute Gasteiger partial charge is 0.496 e. The number of nitrogens with two attached hydrogens (primary N) is 1. The highest BCUT2D eigenvalue weighted by Crippen LogP contribution is 2.21. The van der Waals surface area contributed by atoms with Crippen LogP contribution in [-0.2, 0) is 16.0 Å². The number of hydrogen-bond donors (Lipinski definition) is 1. The van der Waals surface area contributed by atoms with Gasteiger partial charge in [0.15, 0.2) is 5.60 Å². The van der Waals surface area contributed by atoms with E-state index < -0.39 is 11.5 Å². The fourth-order valence-corrected chi connectivity index (χ4v) is 3.07. The van der Waals surface area contributed by atoms with E-state index in [0.29, 0.717) is 18.5 Å². The van der Waals surface area contributed by atoms with Gasteiger partial charge in [0, 0.05) is 30.4 Å². The normalized spacial score (nSPS) is 19.6. The topological polar surface area (TPSA) is 94.7 Å². The lowest BCUT2D eigenvalue weighted by Crippen LogP contribution is -2.58. The maximum atomic E-state index is 12.7. The van der Waals surface area contributed by atoms with Gasteiger partial charge in [-0.25, -0.2) is 0 Å². The number of pyridine rings is 1. The fraction of sp³-hybridized carbons (Fsp3) is 0.350. The van der Waals surface area contributed by atoms with Gasteiger partial charge in [-0.2, -0.15) is 0 Å². The minimum absolute atomic E-state index is 0.129. The van der Waals surface area contributed by atoms with Crippen LogP contribution in [0, 0.1) is 0 Å². The Hall–Kier alpha value is -2.93. The number of para-hydroxylation sites is 1. The van der Waals surface area contributed by atoms with Crippen LogP contribution in [-0.4, -0.2) is 54.1 Å². The summed E-state index contributed by atoms with van der Waals surface area (Å²) in [6.45, 7) is 2.41. The summed E-state index contributed by atoms with van der Waals surface area (Å²) in [5, 5.41) is 0. The Morgan fingerprint density at radius 2 is 2.07 bits per heavy atom. The van der Waals surface area contributed by atoms with Gasteiger partial charge in [0.1, 0.15) is 5.75 Å². The third kappa shape index (κ3) is 4.09. The molecule has 0 saturated carbocycles. The van der Waals surface area contributed by atoms with E-state index in [1.807, 2.05) is 30.3 Å². The van der Waals surface area contributed by atoms with Crippen LogP contribution in [0.1, 0.15) is 28.5 Å². The third-order valence-electron chi connectivity index (χ3n) is 4.72. The van der Waals surface area contributed by atoms with Gasteiger partial charge in [-0.1, -0.05) is 18.2 Å². The molecule has 2 aromatic rings. The first-order chi connectivity index (χ1) is 12.9. The van der Waals surface area contributed by atoms with Crippen molar-refractivity contribution in [1.29, 1.82) is 0 Å². The summed E-state index contributed by atoms with van der Waals surface area (Å²) in [6.07, 6.45) is 2.17. The molecule has 7 heteroatoms. The molecule has 2 heterocycles. The lowest BCUT2D eigenvalue weighted by molar-refractivity contribution is -0.150. The van der Waals surface area contributed by atoms with Gasteiger partial charge in [0.2, 0.25) is 0 Å². The van der Waals surface area contributed by atoms with E-state index in [1.165, 1.54) is 0 Å². The number of hydrogen-bond acceptors (Lipinski definition) is 5. The second-order valence-corrected chi connectivity index (χ2v) is 6.70. The van der Waals surface area contributed by atoms with Crippen molar-refractivity contribution in [2.24, 2.45) is 5.73 Å². The van der Waals surface area contributed by atoms with E-state index in [0.717, 1.165) is 17.0 Å². The van der Waals surface area contributed by atoms with Crippen molar-refractivity contribution in [3.63, 3.8) is 0 Å². The second-order valence-electron chi connectivity index (χ2n) is 6.70. The molecule has 142 valence electrons. The van der Waals surface area contributed by atoms with E-state index in [2.05, 4.69) is 4.98 Å². The molecule has 1 aromatic heterocycles. The molecule has 1 atom stereocenters. The van der Waals surface area contributed by atoms with Crippen LogP contribution >= 0.6 is 0 Å². The van der Waals surface area contributed by atoms with Crippen LogP contribution in [0.3, 0.4) is 0 Å². The van der Waals surface area contributed by atoms with E-state index in [-0.39, 0.29) is 19.1 Å². The number of aromatic nitrogens is 1. The number of methoxy groups -OCH3 is 1. The van der Waals surface area contributed by atoms with Crippen LogP contribution in [0.25, 0.3) is 0 Å². The number of morpholine rings is 1. The molecular formula is C20H23N3O4. The van der Waals surface area contributed by atoms with Gasteiger partial charge < -0.3 is 20.1 Å². The summed E-state index contributed by atoms with van der Waals surface area (Å²) in [6, 6.07) is 11.3. The monoisotopic (exact) mass is 369 g/mol. The minimum atomic E-state index is -1.16. The molecule has 0 aliphatic carbocycles. The van der Waals surface area contributed by atoms with E-state index >= 15 is 0 Å². The predicted molar refractivity (Wildman–Crippen MR) is 99.5 cm³/mol. The average Bonchev–Trinajstić information content (AvgIpc) is 2.68. The molecular weight excluding hydrogens is 346 g/mol. The molecule has 1 fully saturated rings. The van der Waals surface area contributed by atoms with Crippen molar-refractivity contribution in [2.75, 3.05) is 26.8 Å². The number of benzene rings is 1.